The minimum atomic E-state index is -0.0352. The van der Waals surface area contributed by atoms with E-state index in [1.54, 1.807) is 4.80 Å². The summed E-state index contributed by atoms with van der Waals surface area (Å²) in [5, 5.41) is 12.2. The Bertz CT molecular complexity index is 375. The Kier molecular flexibility index (Phi) is 2.88. The first-order chi connectivity index (χ1) is 8.30. The van der Waals surface area contributed by atoms with E-state index >= 15 is 0 Å². The van der Waals surface area contributed by atoms with Gasteiger partial charge in [0, 0.05) is 13.6 Å². The fourth-order valence-corrected chi connectivity index (χ4v) is 3.18. The van der Waals surface area contributed by atoms with Gasteiger partial charge in [0.2, 0.25) is 0 Å². The standard InChI is InChI=1S/C12H20N4O/c1-16-14-9-10(15-16)11-12(17-8-7-13-11)5-3-2-4-6-12/h9,11,13H,2-8H2,1H3. The molecule has 0 amide bonds. The van der Waals surface area contributed by atoms with Crippen LogP contribution in [-0.2, 0) is 11.8 Å². The van der Waals surface area contributed by atoms with Crippen LogP contribution in [0.2, 0.25) is 0 Å². The Morgan fingerprint density at radius 1 is 1.41 bits per heavy atom. The number of rotatable bonds is 1. The lowest BCUT2D eigenvalue weighted by Crippen LogP contribution is -2.53. The van der Waals surface area contributed by atoms with Crippen LogP contribution in [0.1, 0.15) is 43.8 Å². The molecule has 1 N–H and O–H groups in total. The molecule has 1 saturated carbocycles. The van der Waals surface area contributed by atoms with Gasteiger partial charge in [-0.3, -0.25) is 0 Å². The fourth-order valence-electron chi connectivity index (χ4n) is 3.18. The zero-order chi connectivity index (χ0) is 11.7. The minimum Gasteiger partial charge on any atom is -0.372 e. The van der Waals surface area contributed by atoms with Gasteiger partial charge in [-0.15, -0.1) is 0 Å². The van der Waals surface area contributed by atoms with Crippen molar-refractivity contribution >= 4 is 0 Å². The molecule has 3 rings (SSSR count). The Labute approximate surface area is 102 Å². The van der Waals surface area contributed by atoms with Crippen molar-refractivity contribution in [1.82, 2.24) is 20.3 Å². The zero-order valence-electron chi connectivity index (χ0n) is 10.4. The molecule has 5 heteroatoms. The van der Waals surface area contributed by atoms with Gasteiger partial charge in [-0.25, -0.2) is 0 Å². The second-order valence-electron chi connectivity index (χ2n) is 5.12. The third kappa shape index (κ3) is 1.98. The molecule has 5 nitrogen and oxygen atoms in total. The van der Waals surface area contributed by atoms with Crippen LogP contribution in [0.5, 0.6) is 0 Å². The predicted molar refractivity (Wildman–Crippen MR) is 63.5 cm³/mol. The smallest absolute Gasteiger partial charge is 0.103 e. The Morgan fingerprint density at radius 3 is 2.94 bits per heavy atom. The molecule has 2 aliphatic rings. The molecule has 0 bridgehead atoms. The SMILES string of the molecule is Cn1ncc(C2NCCOC23CCCCC3)n1. The summed E-state index contributed by atoms with van der Waals surface area (Å²) >= 11 is 0. The maximum atomic E-state index is 6.14. The van der Waals surface area contributed by atoms with Gasteiger partial charge in [0.05, 0.1) is 24.4 Å². The van der Waals surface area contributed by atoms with Crippen molar-refractivity contribution in [3.8, 4) is 0 Å². The van der Waals surface area contributed by atoms with Crippen LogP contribution >= 0.6 is 0 Å². The molecule has 1 unspecified atom stereocenters. The molecule has 1 spiro atoms. The lowest BCUT2D eigenvalue weighted by molar-refractivity contribution is -0.120. The molecular weight excluding hydrogens is 216 g/mol. The molecule has 1 aromatic rings. The topological polar surface area (TPSA) is 52.0 Å². The lowest BCUT2D eigenvalue weighted by Gasteiger charge is -2.46. The number of ether oxygens (including phenoxy) is 1. The summed E-state index contributed by atoms with van der Waals surface area (Å²) in [6.45, 7) is 1.72. The monoisotopic (exact) mass is 236 g/mol. The highest BCUT2D eigenvalue weighted by Gasteiger charge is 2.44. The van der Waals surface area contributed by atoms with Crippen molar-refractivity contribution in [1.29, 1.82) is 0 Å². The van der Waals surface area contributed by atoms with Crippen LogP contribution in [0.15, 0.2) is 6.20 Å². The van der Waals surface area contributed by atoms with Crippen LogP contribution in [0.4, 0.5) is 0 Å². The average Bonchev–Trinajstić information content (AvgIpc) is 2.77. The van der Waals surface area contributed by atoms with E-state index in [2.05, 4.69) is 15.5 Å². The van der Waals surface area contributed by atoms with Crippen molar-refractivity contribution in [3.05, 3.63) is 11.9 Å². The molecule has 1 aliphatic carbocycles. The highest BCUT2D eigenvalue weighted by Crippen LogP contribution is 2.42. The molecule has 1 aliphatic heterocycles. The van der Waals surface area contributed by atoms with E-state index in [-0.39, 0.29) is 11.6 Å². The van der Waals surface area contributed by atoms with Gasteiger partial charge in [0.25, 0.3) is 0 Å². The van der Waals surface area contributed by atoms with Gasteiger partial charge in [0.15, 0.2) is 0 Å². The molecular formula is C12H20N4O. The number of nitrogens with zero attached hydrogens (tertiary/aromatic N) is 3. The molecule has 1 aromatic heterocycles. The van der Waals surface area contributed by atoms with Crippen LogP contribution in [0.3, 0.4) is 0 Å². The number of hydrogen-bond acceptors (Lipinski definition) is 4. The number of aryl methyl sites for hydroxylation is 1. The summed E-state index contributed by atoms with van der Waals surface area (Å²) in [5.41, 5.74) is 0.987. The second-order valence-corrected chi connectivity index (χ2v) is 5.12. The van der Waals surface area contributed by atoms with E-state index in [1.807, 2.05) is 13.2 Å². The van der Waals surface area contributed by atoms with Crippen LogP contribution in [0, 0.1) is 0 Å². The maximum absolute atomic E-state index is 6.14. The van der Waals surface area contributed by atoms with Crippen LogP contribution in [0.25, 0.3) is 0 Å². The van der Waals surface area contributed by atoms with Gasteiger partial charge < -0.3 is 10.1 Å². The highest BCUT2D eigenvalue weighted by molar-refractivity contribution is 5.11. The summed E-state index contributed by atoms with van der Waals surface area (Å²) in [7, 11) is 1.86. The van der Waals surface area contributed by atoms with Gasteiger partial charge in [-0.05, 0) is 12.8 Å². The number of morpholine rings is 1. The third-order valence-corrected chi connectivity index (χ3v) is 3.98. The van der Waals surface area contributed by atoms with Gasteiger partial charge in [-0.2, -0.15) is 15.0 Å². The largest absolute Gasteiger partial charge is 0.372 e. The van der Waals surface area contributed by atoms with Gasteiger partial charge in [0.1, 0.15) is 5.69 Å². The third-order valence-electron chi connectivity index (χ3n) is 3.98. The van der Waals surface area contributed by atoms with E-state index in [9.17, 15) is 0 Å². The van der Waals surface area contributed by atoms with Crippen LogP contribution < -0.4 is 5.32 Å². The number of aromatic nitrogens is 3. The molecule has 2 heterocycles. The zero-order valence-corrected chi connectivity index (χ0v) is 10.4. The molecule has 0 aromatic carbocycles. The van der Waals surface area contributed by atoms with Crippen molar-refractivity contribution in [2.24, 2.45) is 7.05 Å². The number of hydrogen-bond donors (Lipinski definition) is 1. The average molecular weight is 236 g/mol. The number of nitrogens with one attached hydrogen (secondary N) is 1. The summed E-state index contributed by atoms with van der Waals surface area (Å²) < 4.78 is 6.14. The molecule has 17 heavy (non-hydrogen) atoms. The summed E-state index contributed by atoms with van der Waals surface area (Å²) in [6.07, 6.45) is 8.00. The highest BCUT2D eigenvalue weighted by atomic mass is 16.5. The van der Waals surface area contributed by atoms with Crippen molar-refractivity contribution in [3.63, 3.8) is 0 Å². The minimum absolute atomic E-state index is 0.0352. The molecule has 1 atom stereocenters. The van der Waals surface area contributed by atoms with Crippen molar-refractivity contribution in [2.45, 2.75) is 43.7 Å². The molecule has 94 valence electrons. The Hall–Kier alpha value is -0.940. The van der Waals surface area contributed by atoms with E-state index in [0.717, 1.165) is 31.7 Å². The Balaban J connectivity index is 1.89. The van der Waals surface area contributed by atoms with E-state index in [4.69, 9.17) is 4.74 Å². The first kappa shape index (κ1) is 11.2. The lowest BCUT2D eigenvalue weighted by atomic mass is 9.77. The van der Waals surface area contributed by atoms with Crippen molar-refractivity contribution < 1.29 is 4.74 Å². The Morgan fingerprint density at radius 2 is 2.24 bits per heavy atom. The predicted octanol–water partition coefficient (Wildman–Crippen LogP) is 1.18. The molecule has 1 saturated heterocycles. The van der Waals surface area contributed by atoms with E-state index in [1.165, 1.54) is 19.3 Å². The van der Waals surface area contributed by atoms with Gasteiger partial charge in [-0.1, -0.05) is 19.3 Å². The van der Waals surface area contributed by atoms with E-state index in [0.29, 0.717) is 0 Å². The molecule has 0 radical (unpaired) electrons. The second kappa shape index (κ2) is 4.38. The van der Waals surface area contributed by atoms with Crippen molar-refractivity contribution in [2.75, 3.05) is 13.2 Å². The quantitative estimate of drug-likeness (QED) is 0.795. The summed E-state index contributed by atoms with van der Waals surface area (Å²) in [5.74, 6) is 0. The fraction of sp³-hybridized carbons (Fsp3) is 0.833. The first-order valence-corrected chi connectivity index (χ1v) is 6.54. The summed E-state index contributed by atoms with van der Waals surface area (Å²) in [4.78, 5) is 1.63. The normalized spacial score (nSPS) is 28.4. The first-order valence-electron chi connectivity index (χ1n) is 6.54. The van der Waals surface area contributed by atoms with Crippen LogP contribution in [-0.4, -0.2) is 33.7 Å². The summed E-state index contributed by atoms with van der Waals surface area (Å²) in [6, 6.07) is 0.213. The maximum Gasteiger partial charge on any atom is 0.103 e. The molecule has 2 fully saturated rings. The van der Waals surface area contributed by atoms with Gasteiger partial charge >= 0.3 is 0 Å². The van der Waals surface area contributed by atoms with E-state index < -0.39 is 0 Å².